The Kier molecular flexibility index (Phi) is 6.81. The summed E-state index contributed by atoms with van der Waals surface area (Å²) in [5, 5.41) is 13.5. The topological polar surface area (TPSA) is 125 Å². The number of benzene rings is 1. The third kappa shape index (κ3) is 5.09. The number of ether oxygens (including phenoxy) is 1. The Morgan fingerprint density at radius 3 is 2.54 bits per heavy atom. The highest BCUT2D eigenvalue weighted by molar-refractivity contribution is 7.89. The van der Waals surface area contributed by atoms with Gasteiger partial charge in [-0.2, -0.15) is 4.31 Å². The second-order valence-electron chi connectivity index (χ2n) is 5.85. The number of nitrogens with one attached hydrogen (secondary N) is 2. The number of sulfonamides is 1. The van der Waals surface area contributed by atoms with E-state index in [0.29, 0.717) is 18.8 Å². The second kappa shape index (κ2) is 8.86. The van der Waals surface area contributed by atoms with E-state index in [0.717, 1.165) is 19.3 Å². The molecule has 1 aromatic rings. The normalized spacial score (nSPS) is 15.3. The Balaban J connectivity index is 2.17. The van der Waals surface area contributed by atoms with E-state index in [2.05, 4.69) is 10.6 Å². The number of nitrogens with zero attached hydrogens (tertiary/aromatic N) is 1. The van der Waals surface area contributed by atoms with E-state index >= 15 is 0 Å². The fraction of sp³-hybridized carbons (Fsp3) is 0.500. The Hall–Kier alpha value is -2.33. The van der Waals surface area contributed by atoms with Crippen LogP contribution in [-0.4, -0.2) is 56.6 Å². The van der Waals surface area contributed by atoms with Gasteiger partial charge >= 0.3 is 12.0 Å². The number of rotatable bonds is 7. The molecule has 1 aliphatic rings. The van der Waals surface area contributed by atoms with Gasteiger partial charge in [0.05, 0.1) is 24.1 Å². The number of carboxylic acids is 1. The van der Waals surface area contributed by atoms with E-state index in [1.165, 1.54) is 29.6 Å². The first-order chi connectivity index (χ1) is 12.3. The van der Waals surface area contributed by atoms with Crippen molar-refractivity contribution in [2.45, 2.75) is 30.6 Å². The maximum atomic E-state index is 12.8. The van der Waals surface area contributed by atoms with Crippen molar-refractivity contribution in [3.63, 3.8) is 0 Å². The van der Waals surface area contributed by atoms with Gasteiger partial charge in [-0.3, -0.25) is 4.79 Å². The van der Waals surface area contributed by atoms with Gasteiger partial charge in [0.2, 0.25) is 10.0 Å². The summed E-state index contributed by atoms with van der Waals surface area (Å²) in [5.74, 6) is -0.728. The summed E-state index contributed by atoms with van der Waals surface area (Å²) in [5.41, 5.74) is 0.193. The zero-order valence-electron chi connectivity index (χ0n) is 14.5. The highest BCUT2D eigenvalue weighted by atomic mass is 32.2. The van der Waals surface area contributed by atoms with E-state index in [1.807, 2.05) is 0 Å². The van der Waals surface area contributed by atoms with Gasteiger partial charge in [-0.1, -0.05) is 6.42 Å². The van der Waals surface area contributed by atoms with Crippen molar-refractivity contribution in [1.29, 1.82) is 0 Å². The third-order valence-electron chi connectivity index (χ3n) is 4.00. The van der Waals surface area contributed by atoms with Crippen molar-refractivity contribution in [1.82, 2.24) is 9.62 Å². The summed E-state index contributed by atoms with van der Waals surface area (Å²) < 4.78 is 32.1. The predicted molar refractivity (Wildman–Crippen MR) is 94.9 cm³/mol. The van der Waals surface area contributed by atoms with Crippen LogP contribution in [0.2, 0.25) is 0 Å². The van der Waals surface area contributed by atoms with Crippen molar-refractivity contribution in [2.24, 2.45) is 0 Å². The van der Waals surface area contributed by atoms with Crippen LogP contribution in [-0.2, 0) is 14.8 Å². The Morgan fingerprint density at radius 2 is 1.92 bits per heavy atom. The van der Waals surface area contributed by atoms with Crippen molar-refractivity contribution in [3.05, 3.63) is 18.2 Å². The summed E-state index contributed by atoms with van der Waals surface area (Å²) in [6.45, 7) is 0.912. The molecule has 3 N–H and O–H groups in total. The van der Waals surface area contributed by atoms with E-state index in [9.17, 15) is 18.0 Å². The van der Waals surface area contributed by atoms with Crippen LogP contribution in [0.3, 0.4) is 0 Å². The average molecular weight is 385 g/mol. The van der Waals surface area contributed by atoms with Crippen LogP contribution >= 0.6 is 0 Å². The van der Waals surface area contributed by atoms with Crippen LogP contribution < -0.4 is 15.4 Å². The monoisotopic (exact) mass is 385 g/mol. The standard InChI is InChI=1S/C16H23N3O6S/c1-25-14-6-5-12(26(23,24)19-9-3-2-4-10-19)11-13(14)18-16(22)17-8-7-15(20)21/h5-6,11H,2-4,7-10H2,1H3,(H,20,21)(H2,17,18,22). The molecular weight excluding hydrogens is 362 g/mol. The van der Waals surface area contributed by atoms with Crippen molar-refractivity contribution in [3.8, 4) is 5.75 Å². The molecular formula is C16H23N3O6S. The molecule has 1 heterocycles. The predicted octanol–water partition coefficient (Wildman–Crippen LogP) is 1.47. The maximum absolute atomic E-state index is 12.8. The third-order valence-corrected chi connectivity index (χ3v) is 5.89. The van der Waals surface area contributed by atoms with Gasteiger partial charge in [0.1, 0.15) is 5.75 Å². The molecule has 1 saturated heterocycles. The lowest BCUT2D eigenvalue weighted by molar-refractivity contribution is -0.136. The Morgan fingerprint density at radius 1 is 1.23 bits per heavy atom. The molecule has 2 rings (SSSR count). The molecule has 9 nitrogen and oxygen atoms in total. The minimum atomic E-state index is -3.65. The fourth-order valence-corrected chi connectivity index (χ4v) is 4.19. The largest absolute Gasteiger partial charge is 0.495 e. The molecule has 0 spiro atoms. The highest BCUT2D eigenvalue weighted by Gasteiger charge is 2.26. The smallest absolute Gasteiger partial charge is 0.319 e. The van der Waals surface area contributed by atoms with Crippen molar-refractivity contribution < 1.29 is 27.9 Å². The van der Waals surface area contributed by atoms with E-state index in [4.69, 9.17) is 9.84 Å². The van der Waals surface area contributed by atoms with Gasteiger partial charge in [0.15, 0.2) is 0 Å². The van der Waals surface area contributed by atoms with Crippen LogP contribution in [0.5, 0.6) is 5.75 Å². The number of hydrogen-bond donors (Lipinski definition) is 3. The maximum Gasteiger partial charge on any atom is 0.319 e. The van der Waals surface area contributed by atoms with E-state index in [1.54, 1.807) is 0 Å². The molecule has 0 aliphatic carbocycles. The van der Waals surface area contributed by atoms with Crippen molar-refractivity contribution in [2.75, 3.05) is 32.1 Å². The SMILES string of the molecule is COc1ccc(S(=O)(=O)N2CCCCC2)cc1NC(=O)NCCC(=O)O. The van der Waals surface area contributed by atoms with E-state index in [-0.39, 0.29) is 23.5 Å². The molecule has 0 bridgehead atoms. The van der Waals surface area contributed by atoms with Gasteiger partial charge in [-0.15, -0.1) is 0 Å². The molecule has 26 heavy (non-hydrogen) atoms. The average Bonchev–Trinajstić information content (AvgIpc) is 2.62. The molecule has 144 valence electrons. The molecule has 1 fully saturated rings. The molecule has 1 aliphatic heterocycles. The lowest BCUT2D eigenvalue weighted by Gasteiger charge is -2.26. The number of methoxy groups -OCH3 is 1. The summed E-state index contributed by atoms with van der Waals surface area (Å²) in [4.78, 5) is 22.4. The zero-order chi connectivity index (χ0) is 19.2. The molecule has 0 saturated carbocycles. The number of piperidine rings is 1. The molecule has 0 unspecified atom stereocenters. The van der Waals surface area contributed by atoms with Crippen LogP contribution in [0.15, 0.2) is 23.1 Å². The number of amides is 2. The number of carbonyl (C=O) groups excluding carboxylic acids is 1. The molecule has 0 aromatic heterocycles. The highest BCUT2D eigenvalue weighted by Crippen LogP contribution is 2.29. The molecule has 0 atom stereocenters. The second-order valence-corrected chi connectivity index (χ2v) is 7.79. The van der Waals surface area contributed by atoms with Crippen LogP contribution in [0.25, 0.3) is 0 Å². The number of hydrogen-bond acceptors (Lipinski definition) is 5. The molecule has 2 amide bonds. The first-order valence-electron chi connectivity index (χ1n) is 8.29. The van der Waals surface area contributed by atoms with E-state index < -0.39 is 22.0 Å². The van der Waals surface area contributed by atoms with Crippen LogP contribution in [0.4, 0.5) is 10.5 Å². The molecule has 10 heteroatoms. The van der Waals surface area contributed by atoms with Gasteiger partial charge in [-0.25, -0.2) is 13.2 Å². The number of anilines is 1. The van der Waals surface area contributed by atoms with Crippen LogP contribution in [0.1, 0.15) is 25.7 Å². The lowest BCUT2D eigenvalue weighted by atomic mass is 10.2. The van der Waals surface area contributed by atoms with Gasteiger partial charge < -0.3 is 20.5 Å². The summed E-state index contributed by atoms with van der Waals surface area (Å²) in [6.07, 6.45) is 2.45. The minimum absolute atomic E-state index is 0.0464. The number of carbonyl (C=O) groups is 2. The molecule has 1 aromatic carbocycles. The summed E-state index contributed by atoms with van der Waals surface area (Å²) >= 11 is 0. The quantitative estimate of drug-likeness (QED) is 0.653. The summed E-state index contributed by atoms with van der Waals surface area (Å²) in [6, 6.07) is 3.62. The number of urea groups is 1. The number of carboxylic acid groups (broad SMARTS) is 1. The first-order valence-corrected chi connectivity index (χ1v) is 9.73. The first kappa shape index (κ1) is 20.0. The van der Waals surface area contributed by atoms with Gasteiger partial charge in [0.25, 0.3) is 0 Å². The summed E-state index contributed by atoms with van der Waals surface area (Å²) in [7, 11) is -2.24. The minimum Gasteiger partial charge on any atom is -0.495 e. The Bertz CT molecular complexity index is 759. The van der Waals surface area contributed by atoms with Crippen LogP contribution in [0, 0.1) is 0 Å². The van der Waals surface area contributed by atoms with Crippen molar-refractivity contribution >= 4 is 27.7 Å². The van der Waals surface area contributed by atoms with Gasteiger partial charge in [-0.05, 0) is 31.0 Å². The zero-order valence-corrected chi connectivity index (χ0v) is 15.3. The Labute approximate surface area is 152 Å². The molecule has 0 radical (unpaired) electrons. The lowest BCUT2D eigenvalue weighted by Crippen LogP contribution is -2.35. The van der Waals surface area contributed by atoms with Gasteiger partial charge in [0, 0.05) is 19.6 Å². The number of aliphatic carboxylic acids is 1. The fourth-order valence-electron chi connectivity index (χ4n) is 2.65.